The highest BCUT2D eigenvalue weighted by Crippen LogP contribution is 2.41. The molecular weight excluding hydrogens is 288 g/mol. The molecule has 21 heavy (non-hydrogen) atoms. The topological polar surface area (TPSA) is 38.7 Å². The van der Waals surface area contributed by atoms with Gasteiger partial charge in [0.1, 0.15) is 11.9 Å². The van der Waals surface area contributed by atoms with E-state index in [0.29, 0.717) is 10.8 Å². The number of aliphatic hydroxyl groups is 1. The molecule has 1 N–H and O–H groups in total. The van der Waals surface area contributed by atoms with Crippen LogP contribution >= 0.6 is 11.6 Å². The third kappa shape index (κ3) is 3.36. The first-order valence-electron chi connectivity index (χ1n) is 7.86. The van der Waals surface area contributed by atoms with E-state index in [9.17, 15) is 5.11 Å². The van der Waals surface area contributed by atoms with E-state index in [2.05, 4.69) is 0 Å². The second-order valence-corrected chi connectivity index (χ2v) is 6.74. The Hall–Kier alpha value is -0.770. The van der Waals surface area contributed by atoms with Crippen molar-refractivity contribution in [1.29, 1.82) is 0 Å². The van der Waals surface area contributed by atoms with E-state index in [0.717, 1.165) is 37.9 Å². The highest BCUT2D eigenvalue weighted by Gasteiger charge is 2.40. The number of hydrogen-bond donors (Lipinski definition) is 1. The molecule has 3 nitrogen and oxygen atoms in total. The lowest BCUT2D eigenvalue weighted by Crippen LogP contribution is -2.41. The zero-order valence-electron chi connectivity index (χ0n) is 12.5. The average Bonchev–Trinajstić information content (AvgIpc) is 2.89. The maximum absolute atomic E-state index is 9.58. The molecule has 1 spiro atoms. The Morgan fingerprint density at radius 1 is 1.38 bits per heavy atom. The van der Waals surface area contributed by atoms with Crippen molar-refractivity contribution in [2.24, 2.45) is 0 Å². The minimum absolute atomic E-state index is 0.0505. The van der Waals surface area contributed by atoms with Gasteiger partial charge < -0.3 is 14.6 Å². The molecule has 2 fully saturated rings. The summed E-state index contributed by atoms with van der Waals surface area (Å²) in [6.45, 7) is 2.50. The fourth-order valence-electron chi connectivity index (χ4n) is 3.50. The van der Waals surface area contributed by atoms with Crippen LogP contribution in [-0.2, 0) is 4.74 Å². The Balaban J connectivity index is 1.68. The van der Waals surface area contributed by atoms with E-state index in [1.54, 1.807) is 13.0 Å². The predicted octanol–water partition coefficient (Wildman–Crippen LogP) is 4.26. The van der Waals surface area contributed by atoms with Gasteiger partial charge in [0.05, 0.1) is 23.3 Å². The molecule has 2 unspecified atom stereocenters. The largest absolute Gasteiger partial charge is 0.489 e. The highest BCUT2D eigenvalue weighted by atomic mass is 35.5. The number of halogens is 1. The smallest absolute Gasteiger partial charge is 0.138 e. The standard InChI is InChI=1S/C17H23ClO3/c1-12(19)13-4-5-16(15(18)10-13)21-14-6-9-20-17(11-14)7-2-3-8-17/h4-5,10,12,14,19H,2-3,6-9,11H2,1H3. The summed E-state index contributed by atoms with van der Waals surface area (Å²) >= 11 is 6.28. The Kier molecular flexibility index (Phi) is 4.43. The second kappa shape index (κ2) is 6.15. The normalized spacial score (nSPS) is 26.0. The van der Waals surface area contributed by atoms with Crippen LogP contribution in [0.1, 0.15) is 57.1 Å². The summed E-state index contributed by atoms with van der Waals surface area (Å²) in [5.41, 5.74) is 0.862. The molecule has 116 valence electrons. The summed E-state index contributed by atoms with van der Waals surface area (Å²) in [5.74, 6) is 0.709. The quantitative estimate of drug-likeness (QED) is 0.906. The lowest BCUT2D eigenvalue weighted by atomic mass is 9.90. The van der Waals surface area contributed by atoms with Crippen molar-refractivity contribution >= 4 is 11.6 Å². The zero-order chi connectivity index (χ0) is 14.9. The van der Waals surface area contributed by atoms with Crippen LogP contribution in [0.4, 0.5) is 0 Å². The molecule has 3 rings (SSSR count). The molecule has 2 atom stereocenters. The number of aliphatic hydroxyl groups excluding tert-OH is 1. The van der Waals surface area contributed by atoms with E-state index in [1.165, 1.54) is 12.8 Å². The Labute approximate surface area is 131 Å². The highest BCUT2D eigenvalue weighted by molar-refractivity contribution is 6.32. The molecule has 0 bridgehead atoms. The predicted molar refractivity (Wildman–Crippen MR) is 82.9 cm³/mol. The minimum atomic E-state index is -0.513. The maximum Gasteiger partial charge on any atom is 0.138 e. The summed E-state index contributed by atoms with van der Waals surface area (Å²) in [5, 5.41) is 10.2. The summed E-state index contributed by atoms with van der Waals surface area (Å²) in [7, 11) is 0. The monoisotopic (exact) mass is 310 g/mol. The molecule has 0 radical (unpaired) electrons. The Morgan fingerprint density at radius 3 is 2.81 bits per heavy atom. The SMILES string of the molecule is CC(O)c1ccc(OC2CCOC3(CCCC3)C2)c(Cl)c1. The van der Waals surface area contributed by atoms with Gasteiger partial charge in [-0.3, -0.25) is 0 Å². The van der Waals surface area contributed by atoms with Gasteiger partial charge in [0.15, 0.2) is 0 Å². The summed E-state index contributed by atoms with van der Waals surface area (Å²) in [6.07, 6.45) is 6.36. The van der Waals surface area contributed by atoms with Gasteiger partial charge in [0.2, 0.25) is 0 Å². The van der Waals surface area contributed by atoms with Crippen molar-refractivity contribution in [3.05, 3.63) is 28.8 Å². The fraction of sp³-hybridized carbons (Fsp3) is 0.647. The van der Waals surface area contributed by atoms with Crippen LogP contribution in [0.25, 0.3) is 0 Å². The number of hydrogen-bond acceptors (Lipinski definition) is 3. The van der Waals surface area contributed by atoms with Gasteiger partial charge >= 0.3 is 0 Å². The lowest BCUT2D eigenvalue weighted by Gasteiger charge is -2.38. The first kappa shape index (κ1) is 15.1. The third-order valence-electron chi connectivity index (χ3n) is 4.69. The molecule has 4 heteroatoms. The van der Waals surface area contributed by atoms with Crippen molar-refractivity contribution in [2.75, 3.05) is 6.61 Å². The van der Waals surface area contributed by atoms with E-state index in [-0.39, 0.29) is 11.7 Å². The van der Waals surface area contributed by atoms with Gasteiger partial charge in [-0.05, 0) is 37.5 Å². The van der Waals surface area contributed by atoms with Crippen LogP contribution in [-0.4, -0.2) is 23.4 Å². The van der Waals surface area contributed by atoms with Crippen molar-refractivity contribution in [3.8, 4) is 5.75 Å². The zero-order valence-corrected chi connectivity index (χ0v) is 13.2. The van der Waals surface area contributed by atoms with E-state index >= 15 is 0 Å². The molecule has 2 aliphatic rings. The summed E-state index contributed by atoms with van der Waals surface area (Å²) in [4.78, 5) is 0. The van der Waals surface area contributed by atoms with Crippen LogP contribution in [0.2, 0.25) is 5.02 Å². The number of ether oxygens (including phenoxy) is 2. The Morgan fingerprint density at radius 2 is 2.14 bits per heavy atom. The summed E-state index contributed by atoms with van der Waals surface area (Å²) in [6, 6.07) is 5.52. The van der Waals surface area contributed by atoms with Gasteiger partial charge in [-0.15, -0.1) is 0 Å². The maximum atomic E-state index is 9.58. The first-order valence-corrected chi connectivity index (χ1v) is 8.24. The molecule has 1 saturated carbocycles. The van der Waals surface area contributed by atoms with Crippen LogP contribution in [0.3, 0.4) is 0 Å². The van der Waals surface area contributed by atoms with E-state index in [1.807, 2.05) is 12.1 Å². The average molecular weight is 311 g/mol. The first-order chi connectivity index (χ1) is 10.1. The second-order valence-electron chi connectivity index (χ2n) is 6.34. The fourth-order valence-corrected chi connectivity index (χ4v) is 3.74. The Bertz CT molecular complexity index is 495. The van der Waals surface area contributed by atoms with E-state index in [4.69, 9.17) is 21.1 Å². The van der Waals surface area contributed by atoms with Crippen LogP contribution < -0.4 is 4.74 Å². The van der Waals surface area contributed by atoms with E-state index < -0.39 is 6.10 Å². The third-order valence-corrected chi connectivity index (χ3v) is 4.99. The molecule has 1 heterocycles. The molecular formula is C17H23ClO3. The molecule has 1 aliphatic carbocycles. The molecule has 1 aliphatic heterocycles. The molecule has 0 aromatic heterocycles. The van der Waals surface area contributed by atoms with Crippen molar-refractivity contribution in [3.63, 3.8) is 0 Å². The number of rotatable bonds is 3. The molecule has 1 aromatic rings. The van der Waals surface area contributed by atoms with Crippen LogP contribution in [0.15, 0.2) is 18.2 Å². The van der Waals surface area contributed by atoms with Gasteiger partial charge in [-0.1, -0.05) is 30.5 Å². The number of benzene rings is 1. The van der Waals surface area contributed by atoms with Gasteiger partial charge in [0.25, 0.3) is 0 Å². The molecule has 0 amide bonds. The van der Waals surface area contributed by atoms with Crippen LogP contribution in [0, 0.1) is 0 Å². The summed E-state index contributed by atoms with van der Waals surface area (Å²) < 4.78 is 12.1. The van der Waals surface area contributed by atoms with Gasteiger partial charge in [0, 0.05) is 12.8 Å². The van der Waals surface area contributed by atoms with Gasteiger partial charge in [-0.2, -0.15) is 0 Å². The van der Waals surface area contributed by atoms with Crippen molar-refractivity contribution < 1.29 is 14.6 Å². The molecule has 1 aromatic carbocycles. The molecule has 1 saturated heterocycles. The van der Waals surface area contributed by atoms with Crippen molar-refractivity contribution in [2.45, 2.75) is 63.3 Å². The van der Waals surface area contributed by atoms with Crippen molar-refractivity contribution in [1.82, 2.24) is 0 Å². The van der Waals surface area contributed by atoms with Crippen LogP contribution in [0.5, 0.6) is 5.75 Å². The van der Waals surface area contributed by atoms with Gasteiger partial charge in [-0.25, -0.2) is 0 Å². The minimum Gasteiger partial charge on any atom is -0.489 e. The lowest BCUT2D eigenvalue weighted by molar-refractivity contribution is -0.108.